The quantitative estimate of drug-likeness (QED) is 0.901. The molecule has 0 saturated carbocycles. The maximum Gasteiger partial charge on any atom is 0.267 e. The van der Waals surface area contributed by atoms with Gasteiger partial charge in [-0.15, -0.1) is 12.4 Å². The molecule has 1 aromatic rings. The summed E-state index contributed by atoms with van der Waals surface area (Å²) in [5.41, 5.74) is 0. The molecule has 2 unspecified atom stereocenters. The number of amides is 1. The summed E-state index contributed by atoms with van der Waals surface area (Å²) in [4.78, 5) is 14.6. The van der Waals surface area contributed by atoms with Crippen LogP contribution in [-0.2, 0) is 4.79 Å². The molecule has 122 valence electrons. The molecule has 3 rings (SSSR count). The lowest BCUT2D eigenvalue weighted by molar-refractivity contribution is -0.145. The smallest absolute Gasteiger partial charge is 0.267 e. The average Bonchev–Trinajstić information content (AvgIpc) is 2.53. The number of piperidine rings is 1. The third-order valence-electron chi connectivity index (χ3n) is 4.30. The fraction of sp³-hybridized carbons (Fsp3) is 0.562. The van der Waals surface area contributed by atoms with Gasteiger partial charge in [0.25, 0.3) is 5.91 Å². The first-order valence-electron chi connectivity index (χ1n) is 7.57. The Bertz CT molecular complexity index is 518. The van der Waals surface area contributed by atoms with E-state index >= 15 is 0 Å². The summed E-state index contributed by atoms with van der Waals surface area (Å²) in [6, 6.07) is 8.01. The van der Waals surface area contributed by atoms with Crippen molar-refractivity contribution in [2.45, 2.75) is 38.0 Å². The lowest BCUT2D eigenvalue weighted by atomic mass is 10.0. The molecule has 1 amide bonds. The third kappa shape index (κ3) is 3.31. The molecule has 0 spiro atoms. The van der Waals surface area contributed by atoms with Crippen LogP contribution in [0.5, 0.6) is 11.5 Å². The summed E-state index contributed by atoms with van der Waals surface area (Å²) in [7, 11) is 1.97. The standard InChI is InChI=1S/C16H22N2O3.ClH/c1-11-15(21-14-6-4-3-5-13(14)20-11)16(19)18-9-7-12(17-2)8-10-18;/h3-6,11-12,15,17H,7-10H2,1-2H3;1H. The Hall–Kier alpha value is -1.46. The van der Waals surface area contributed by atoms with E-state index in [0.717, 1.165) is 25.9 Å². The van der Waals surface area contributed by atoms with Crippen LogP contribution in [0.15, 0.2) is 24.3 Å². The Kier molecular flexibility index (Phi) is 5.53. The monoisotopic (exact) mass is 326 g/mol. The van der Waals surface area contributed by atoms with E-state index in [1.807, 2.05) is 43.1 Å². The summed E-state index contributed by atoms with van der Waals surface area (Å²) in [5, 5.41) is 3.27. The first-order valence-corrected chi connectivity index (χ1v) is 7.57. The van der Waals surface area contributed by atoms with E-state index in [-0.39, 0.29) is 24.4 Å². The van der Waals surface area contributed by atoms with Gasteiger partial charge in [-0.25, -0.2) is 0 Å². The number of rotatable bonds is 2. The van der Waals surface area contributed by atoms with Crippen LogP contribution >= 0.6 is 12.4 Å². The van der Waals surface area contributed by atoms with Gasteiger partial charge in [0.05, 0.1) is 0 Å². The molecule has 6 heteroatoms. The first-order chi connectivity index (χ1) is 10.2. The van der Waals surface area contributed by atoms with Crippen molar-refractivity contribution in [2.24, 2.45) is 0 Å². The molecule has 1 fully saturated rings. The molecule has 5 nitrogen and oxygen atoms in total. The number of ether oxygens (including phenoxy) is 2. The Balaban J connectivity index is 0.00000176. The summed E-state index contributed by atoms with van der Waals surface area (Å²) in [6.07, 6.45) is 1.15. The average molecular weight is 327 g/mol. The first kappa shape index (κ1) is 16.9. The van der Waals surface area contributed by atoms with E-state index in [0.29, 0.717) is 17.5 Å². The molecule has 2 heterocycles. The molecule has 0 aromatic heterocycles. The van der Waals surface area contributed by atoms with Crippen LogP contribution in [0, 0.1) is 0 Å². The number of likely N-dealkylation sites (tertiary alicyclic amines) is 1. The lowest BCUT2D eigenvalue weighted by Gasteiger charge is -2.37. The van der Waals surface area contributed by atoms with Crippen LogP contribution in [0.4, 0.5) is 0 Å². The van der Waals surface area contributed by atoms with Crippen LogP contribution in [0.1, 0.15) is 19.8 Å². The third-order valence-corrected chi connectivity index (χ3v) is 4.30. The van der Waals surface area contributed by atoms with E-state index in [4.69, 9.17) is 9.47 Å². The van der Waals surface area contributed by atoms with Crippen LogP contribution in [0.2, 0.25) is 0 Å². The van der Waals surface area contributed by atoms with Gasteiger partial charge in [0.1, 0.15) is 6.10 Å². The van der Waals surface area contributed by atoms with E-state index in [1.54, 1.807) is 0 Å². The minimum absolute atomic E-state index is 0. The highest BCUT2D eigenvalue weighted by molar-refractivity contribution is 5.85. The second-order valence-corrected chi connectivity index (χ2v) is 5.70. The molecule has 0 radical (unpaired) electrons. The van der Waals surface area contributed by atoms with Crippen molar-refractivity contribution in [3.05, 3.63) is 24.3 Å². The summed E-state index contributed by atoms with van der Waals surface area (Å²) >= 11 is 0. The van der Waals surface area contributed by atoms with Crippen molar-refractivity contribution in [2.75, 3.05) is 20.1 Å². The lowest BCUT2D eigenvalue weighted by Crippen LogP contribution is -2.53. The van der Waals surface area contributed by atoms with Crippen molar-refractivity contribution < 1.29 is 14.3 Å². The second-order valence-electron chi connectivity index (χ2n) is 5.70. The maximum absolute atomic E-state index is 12.7. The highest BCUT2D eigenvalue weighted by Crippen LogP contribution is 2.34. The Morgan fingerprint density at radius 2 is 1.77 bits per heavy atom. The molecule has 0 bridgehead atoms. The summed E-state index contributed by atoms with van der Waals surface area (Å²) < 4.78 is 11.7. The number of benzene rings is 1. The van der Waals surface area contributed by atoms with Crippen molar-refractivity contribution >= 4 is 18.3 Å². The number of para-hydroxylation sites is 2. The van der Waals surface area contributed by atoms with Crippen molar-refractivity contribution in [1.82, 2.24) is 10.2 Å². The fourth-order valence-electron chi connectivity index (χ4n) is 2.96. The largest absolute Gasteiger partial charge is 0.482 e. The number of carbonyl (C=O) groups excluding carboxylic acids is 1. The van der Waals surface area contributed by atoms with Gasteiger partial charge in [0.15, 0.2) is 11.5 Å². The number of nitrogens with one attached hydrogen (secondary N) is 1. The molecule has 2 aliphatic heterocycles. The number of halogens is 1. The van der Waals surface area contributed by atoms with Crippen molar-refractivity contribution in [3.8, 4) is 11.5 Å². The van der Waals surface area contributed by atoms with Gasteiger partial charge in [0, 0.05) is 19.1 Å². The molecule has 1 saturated heterocycles. The highest BCUT2D eigenvalue weighted by atomic mass is 35.5. The van der Waals surface area contributed by atoms with Crippen molar-refractivity contribution in [1.29, 1.82) is 0 Å². The highest BCUT2D eigenvalue weighted by Gasteiger charge is 2.37. The molecule has 22 heavy (non-hydrogen) atoms. The number of hydrogen-bond acceptors (Lipinski definition) is 4. The predicted molar refractivity (Wildman–Crippen MR) is 86.9 cm³/mol. The molecule has 0 aliphatic carbocycles. The van der Waals surface area contributed by atoms with Crippen molar-refractivity contribution in [3.63, 3.8) is 0 Å². The van der Waals surface area contributed by atoms with Gasteiger partial charge < -0.3 is 19.7 Å². The van der Waals surface area contributed by atoms with Gasteiger partial charge in [0.2, 0.25) is 6.10 Å². The van der Waals surface area contributed by atoms with Crippen LogP contribution in [0.25, 0.3) is 0 Å². The minimum Gasteiger partial charge on any atom is -0.482 e. The minimum atomic E-state index is -0.550. The number of hydrogen-bond donors (Lipinski definition) is 1. The summed E-state index contributed by atoms with van der Waals surface area (Å²) in [5.74, 6) is 1.40. The molecule has 1 aromatic carbocycles. The van der Waals surface area contributed by atoms with E-state index in [1.165, 1.54) is 0 Å². The Morgan fingerprint density at radius 3 is 2.36 bits per heavy atom. The second kappa shape index (κ2) is 7.20. The SMILES string of the molecule is CNC1CCN(C(=O)C2Oc3ccccc3OC2C)CC1.Cl. The van der Waals surface area contributed by atoms with E-state index in [9.17, 15) is 4.79 Å². The Morgan fingerprint density at radius 1 is 1.18 bits per heavy atom. The Labute approximate surface area is 137 Å². The van der Waals surface area contributed by atoms with Gasteiger partial charge in [-0.05, 0) is 38.9 Å². The number of nitrogens with zero attached hydrogens (tertiary/aromatic N) is 1. The van der Waals surface area contributed by atoms with Crippen LogP contribution < -0.4 is 14.8 Å². The normalized spacial score (nSPS) is 24.5. The van der Waals surface area contributed by atoms with Gasteiger partial charge >= 0.3 is 0 Å². The molecular formula is C16H23ClN2O3. The van der Waals surface area contributed by atoms with E-state index < -0.39 is 6.10 Å². The molecular weight excluding hydrogens is 304 g/mol. The van der Waals surface area contributed by atoms with Gasteiger partial charge in [-0.3, -0.25) is 4.79 Å². The van der Waals surface area contributed by atoms with Crippen LogP contribution in [0.3, 0.4) is 0 Å². The zero-order valence-electron chi connectivity index (χ0n) is 13.0. The predicted octanol–water partition coefficient (Wildman–Crippen LogP) is 1.85. The zero-order valence-corrected chi connectivity index (χ0v) is 13.8. The number of carbonyl (C=O) groups is 1. The van der Waals surface area contributed by atoms with Gasteiger partial charge in [-0.1, -0.05) is 12.1 Å². The molecule has 2 atom stereocenters. The molecule has 1 N–H and O–H groups in total. The number of fused-ring (bicyclic) bond motifs is 1. The topological polar surface area (TPSA) is 50.8 Å². The fourth-order valence-corrected chi connectivity index (χ4v) is 2.96. The maximum atomic E-state index is 12.7. The molecule has 2 aliphatic rings. The van der Waals surface area contributed by atoms with E-state index in [2.05, 4.69) is 5.32 Å². The zero-order chi connectivity index (χ0) is 14.8. The van der Waals surface area contributed by atoms with Gasteiger partial charge in [-0.2, -0.15) is 0 Å². The summed E-state index contributed by atoms with van der Waals surface area (Å²) in [6.45, 7) is 3.44. The van der Waals surface area contributed by atoms with Crippen LogP contribution in [-0.4, -0.2) is 49.2 Å².